The summed E-state index contributed by atoms with van der Waals surface area (Å²) in [5.74, 6) is 0.202. The number of amides is 1. The maximum Gasteiger partial charge on any atom is 0.214 e. The number of rotatable bonds is 3. The van der Waals surface area contributed by atoms with Gasteiger partial charge in [0, 0.05) is 24.1 Å². The molecule has 5 N–H and O–H groups in total. The van der Waals surface area contributed by atoms with Crippen molar-refractivity contribution in [2.45, 2.75) is 37.9 Å². The number of carbonyl (C=O) groups excluding carboxylic acids is 1. The van der Waals surface area contributed by atoms with E-state index >= 15 is 0 Å². The minimum atomic E-state index is -1.13. The van der Waals surface area contributed by atoms with Gasteiger partial charge >= 0.3 is 0 Å². The molecule has 0 radical (unpaired) electrons. The Balaban J connectivity index is 0.000000552. The van der Waals surface area contributed by atoms with Crippen LogP contribution >= 0.6 is 0 Å². The van der Waals surface area contributed by atoms with Crippen LogP contribution in [0.25, 0.3) is 21.8 Å². The average Bonchev–Trinajstić information content (AvgIpc) is 2.69. The lowest BCUT2D eigenvalue weighted by molar-refractivity contribution is -0.229. The molecule has 1 saturated heterocycles. The van der Waals surface area contributed by atoms with Crippen molar-refractivity contribution >= 4 is 27.7 Å². The van der Waals surface area contributed by atoms with Crippen molar-refractivity contribution in [3.05, 3.63) is 48.5 Å². The topological polar surface area (TPSA) is 135 Å². The Morgan fingerprint density at radius 2 is 1.90 bits per heavy atom. The second-order valence-corrected chi connectivity index (χ2v) is 6.82. The lowest BCUT2D eigenvalue weighted by Crippen LogP contribution is -2.51. The first-order chi connectivity index (χ1) is 13.9. The van der Waals surface area contributed by atoms with Crippen molar-refractivity contribution in [3.8, 4) is 5.75 Å². The number of carbonyl (C=O) groups is 1. The summed E-state index contributed by atoms with van der Waals surface area (Å²) in [5.41, 5.74) is 6.03. The fraction of sp³-hybridized carbons (Fsp3) is 0.333. The van der Waals surface area contributed by atoms with Gasteiger partial charge in [0.2, 0.25) is 12.2 Å². The van der Waals surface area contributed by atoms with E-state index in [1.54, 1.807) is 6.07 Å². The van der Waals surface area contributed by atoms with E-state index in [1.807, 2.05) is 42.5 Å². The Bertz CT molecular complexity index is 991. The number of fused-ring (bicyclic) bond motifs is 2. The van der Waals surface area contributed by atoms with Gasteiger partial charge in [-0.25, -0.2) is 4.98 Å². The largest absolute Gasteiger partial charge is 0.463 e. The van der Waals surface area contributed by atoms with Gasteiger partial charge in [0.15, 0.2) is 0 Å². The number of aliphatic hydroxyl groups excluding tert-OH is 3. The summed E-state index contributed by atoms with van der Waals surface area (Å²) in [4.78, 5) is 13.9. The Labute approximate surface area is 167 Å². The molecule has 0 aliphatic carbocycles. The lowest BCUT2D eigenvalue weighted by atomic mass is 10.0. The molecule has 4 atom stereocenters. The average molecular weight is 400 g/mol. The summed E-state index contributed by atoms with van der Waals surface area (Å²) in [5, 5.41) is 31.0. The zero-order valence-electron chi connectivity index (χ0n) is 15.9. The van der Waals surface area contributed by atoms with Crippen molar-refractivity contribution in [3.63, 3.8) is 0 Å². The molecule has 2 aromatic carbocycles. The number of para-hydroxylation sites is 2. The van der Waals surface area contributed by atoms with Crippen LogP contribution in [-0.2, 0) is 9.53 Å². The fourth-order valence-corrected chi connectivity index (χ4v) is 3.15. The molecule has 1 aliphatic rings. The third kappa shape index (κ3) is 4.99. The molecular weight excluding hydrogens is 376 g/mol. The van der Waals surface area contributed by atoms with Crippen molar-refractivity contribution in [2.24, 2.45) is 5.73 Å². The van der Waals surface area contributed by atoms with E-state index < -0.39 is 31.2 Å². The van der Waals surface area contributed by atoms with Gasteiger partial charge in [-0.1, -0.05) is 30.3 Å². The zero-order chi connectivity index (χ0) is 21.0. The molecule has 8 heteroatoms. The van der Waals surface area contributed by atoms with Gasteiger partial charge in [-0.3, -0.25) is 4.79 Å². The Morgan fingerprint density at radius 3 is 2.62 bits per heavy atom. The molecule has 1 amide bonds. The number of aromatic nitrogens is 1. The normalized spacial score (nSPS) is 24.0. The molecule has 4 rings (SSSR count). The summed E-state index contributed by atoms with van der Waals surface area (Å²) >= 11 is 0. The summed E-state index contributed by atoms with van der Waals surface area (Å²) in [6, 6.07) is 15.5. The number of pyridine rings is 1. The van der Waals surface area contributed by atoms with Crippen LogP contribution in [0.1, 0.15) is 13.3 Å². The first-order valence-electron chi connectivity index (χ1n) is 9.22. The highest BCUT2D eigenvalue weighted by atomic mass is 16.7. The quantitative estimate of drug-likeness (QED) is 0.483. The van der Waals surface area contributed by atoms with E-state index in [-0.39, 0.29) is 12.3 Å². The summed E-state index contributed by atoms with van der Waals surface area (Å²) in [6.45, 7) is 0.913. The number of aliphatic hydroxyl groups is 3. The SMILES string of the molecule is CC(N)=O.OCC1OC(Oc2cccc3cc4ccccc4nc23)CC(O)C1O. The van der Waals surface area contributed by atoms with Gasteiger partial charge in [0.1, 0.15) is 23.5 Å². The number of nitrogens with two attached hydrogens (primary N) is 1. The second-order valence-electron chi connectivity index (χ2n) is 6.82. The van der Waals surface area contributed by atoms with E-state index in [1.165, 1.54) is 6.92 Å². The lowest BCUT2D eigenvalue weighted by Gasteiger charge is -2.36. The third-order valence-electron chi connectivity index (χ3n) is 4.48. The molecule has 29 heavy (non-hydrogen) atoms. The Kier molecular flexibility index (Phi) is 6.60. The highest BCUT2D eigenvalue weighted by molar-refractivity contribution is 5.95. The van der Waals surface area contributed by atoms with Crippen LogP contribution in [0.5, 0.6) is 5.75 Å². The minimum Gasteiger partial charge on any atom is -0.463 e. The smallest absolute Gasteiger partial charge is 0.214 e. The van der Waals surface area contributed by atoms with Crippen molar-refractivity contribution in [1.29, 1.82) is 0 Å². The van der Waals surface area contributed by atoms with E-state index in [0.717, 1.165) is 16.3 Å². The molecule has 4 unspecified atom stereocenters. The van der Waals surface area contributed by atoms with Crippen molar-refractivity contribution < 1.29 is 29.6 Å². The van der Waals surface area contributed by atoms with E-state index in [4.69, 9.17) is 9.47 Å². The van der Waals surface area contributed by atoms with Crippen LogP contribution in [0.4, 0.5) is 0 Å². The number of benzene rings is 2. The number of nitrogens with zero attached hydrogens (tertiary/aromatic N) is 1. The van der Waals surface area contributed by atoms with Crippen molar-refractivity contribution in [1.82, 2.24) is 4.98 Å². The fourth-order valence-electron chi connectivity index (χ4n) is 3.15. The molecule has 1 aliphatic heterocycles. The summed E-state index contributed by atoms with van der Waals surface area (Å²) < 4.78 is 11.4. The van der Waals surface area contributed by atoms with E-state index in [9.17, 15) is 20.1 Å². The third-order valence-corrected chi connectivity index (χ3v) is 4.48. The van der Waals surface area contributed by atoms with Gasteiger partial charge in [-0.2, -0.15) is 0 Å². The molecule has 2 heterocycles. The van der Waals surface area contributed by atoms with Gasteiger partial charge in [-0.05, 0) is 18.2 Å². The Morgan fingerprint density at radius 1 is 1.21 bits per heavy atom. The summed E-state index contributed by atoms with van der Waals surface area (Å²) in [6.07, 6.45) is -3.67. The molecule has 1 aromatic heterocycles. The highest BCUT2D eigenvalue weighted by Gasteiger charge is 2.37. The number of primary amides is 1. The molecule has 0 bridgehead atoms. The van der Waals surface area contributed by atoms with E-state index in [2.05, 4.69) is 10.7 Å². The molecule has 8 nitrogen and oxygen atoms in total. The standard InChI is InChI=1S/C19H19NO5.C2H5NO/c21-10-16-19(23)14(22)9-17(25-16)24-15-7-3-5-12-8-11-4-1-2-6-13(11)20-18(12)15;1-2(3)4/h1-8,14,16-17,19,21-23H,9-10H2;1H3,(H2,3,4). The predicted octanol–water partition coefficient (Wildman–Crippen LogP) is 1.09. The molecule has 1 fully saturated rings. The predicted molar refractivity (Wildman–Crippen MR) is 107 cm³/mol. The first kappa shape index (κ1) is 20.9. The second kappa shape index (κ2) is 9.15. The molecule has 3 aromatic rings. The van der Waals surface area contributed by atoms with Crippen LogP contribution in [0.15, 0.2) is 48.5 Å². The minimum absolute atomic E-state index is 0.113. The first-order valence-corrected chi connectivity index (χ1v) is 9.22. The van der Waals surface area contributed by atoms with Crippen LogP contribution in [0.2, 0.25) is 0 Å². The number of hydrogen-bond acceptors (Lipinski definition) is 7. The monoisotopic (exact) mass is 400 g/mol. The van der Waals surface area contributed by atoms with Crippen LogP contribution in [-0.4, -0.2) is 57.4 Å². The van der Waals surface area contributed by atoms with Crippen LogP contribution in [0, 0.1) is 0 Å². The Hall–Kier alpha value is -2.78. The zero-order valence-corrected chi connectivity index (χ0v) is 15.9. The van der Waals surface area contributed by atoms with Gasteiger partial charge in [0.25, 0.3) is 0 Å². The van der Waals surface area contributed by atoms with Crippen molar-refractivity contribution in [2.75, 3.05) is 6.61 Å². The highest BCUT2D eigenvalue weighted by Crippen LogP contribution is 2.30. The van der Waals surface area contributed by atoms with Gasteiger partial charge < -0.3 is 30.5 Å². The van der Waals surface area contributed by atoms with Gasteiger partial charge in [0.05, 0.1) is 18.2 Å². The number of ether oxygens (including phenoxy) is 2. The maximum absolute atomic E-state index is 9.95. The molecule has 154 valence electrons. The van der Waals surface area contributed by atoms with Crippen LogP contribution in [0.3, 0.4) is 0 Å². The maximum atomic E-state index is 9.95. The van der Waals surface area contributed by atoms with Crippen LogP contribution < -0.4 is 10.5 Å². The summed E-state index contributed by atoms with van der Waals surface area (Å²) in [7, 11) is 0. The van der Waals surface area contributed by atoms with Gasteiger partial charge in [-0.15, -0.1) is 0 Å². The number of hydrogen-bond donors (Lipinski definition) is 4. The molecule has 0 saturated carbocycles. The molecular formula is C21H24N2O6. The van der Waals surface area contributed by atoms with E-state index in [0.29, 0.717) is 11.3 Å². The molecule has 0 spiro atoms.